The Morgan fingerprint density at radius 3 is 2.85 bits per heavy atom. The molecule has 1 aromatic carbocycles. The predicted molar refractivity (Wildman–Crippen MR) is 57.9 cm³/mol. The number of hydrogen-bond donors (Lipinski definition) is 0. The van der Waals surface area contributed by atoms with Gasteiger partial charge in [-0.1, -0.05) is 13.0 Å². The molecule has 0 amide bonds. The molecular weight excluding hydrogens is 280 g/mol. The molecule has 0 aliphatic rings. The summed E-state index contributed by atoms with van der Waals surface area (Å²) in [6, 6.07) is 7.45. The Hall–Kier alpha value is -0.630. The molecule has 0 atom stereocenters. The number of alkyl halides is 1. The molecule has 3 heteroatoms. The maximum atomic E-state index is 12.3. The predicted octanol–water partition coefficient (Wildman–Crippen LogP) is 3.07. The van der Waals surface area contributed by atoms with Crippen molar-refractivity contribution in [1.82, 2.24) is 0 Å². The average Bonchev–Trinajstić information content (AvgIpc) is 2.17. The van der Waals surface area contributed by atoms with Crippen molar-refractivity contribution in [2.45, 2.75) is 6.92 Å². The van der Waals surface area contributed by atoms with Crippen molar-refractivity contribution >= 4 is 22.6 Å². The number of halogens is 2. The Labute approximate surface area is 90.7 Å². The molecule has 0 bridgehead atoms. The quantitative estimate of drug-likeness (QED) is 0.767. The van der Waals surface area contributed by atoms with Crippen molar-refractivity contribution in [3.05, 3.63) is 38.8 Å². The minimum Gasteiger partial charge on any atom is -0.250 e. The van der Waals surface area contributed by atoms with E-state index in [1.165, 1.54) is 0 Å². The molecule has 0 aliphatic heterocycles. The molecule has 0 aliphatic carbocycles. The Morgan fingerprint density at radius 1 is 1.62 bits per heavy atom. The minimum atomic E-state index is -0.467. The summed E-state index contributed by atoms with van der Waals surface area (Å²) in [5, 5.41) is 8.74. The van der Waals surface area contributed by atoms with Gasteiger partial charge in [0.25, 0.3) is 0 Å². The molecule has 67 valence electrons. The van der Waals surface area contributed by atoms with Gasteiger partial charge in [0.2, 0.25) is 0 Å². The van der Waals surface area contributed by atoms with Crippen LogP contribution in [0.2, 0.25) is 0 Å². The Bertz CT molecular complexity index is 343. The first kappa shape index (κ1) is 10.5. The van der Waals surface area contributed by atoms with E-state index in [0.29, 0.717) is 11.5 Å². The molecule has 0 saturated carbocycles. The summed E-state index contributed by atoms with van der Waals surface area (Å²) in [4.78, 5) is 0. The van der Waals surface area contributed by atoms with Gasteiger partial charge in [-0.15, -0.1) is 0 Å². The molecule has 0 fully saturated rings. The summed E-state index contributed by atoms with van der Waals surface area (Å²) in [5.74, 6) is 0.660. The maximum absolute atomic E-state index is 12.3. The van der Waals surface area contributed by atoms with Crippen LogP contribution in [0.5, 0.6) is 0 Å². The second-order valence-corrected chi connectivity index (χ2v) is 3.88. The van der Waals surface area contributed by atoms with Crippen LogP contribution in [0.25, 0.3) is 0 Å². The number of nitrogens with zero attached hydrogens (tertiary/aromatic N) is 1. The molecule has 0 N–H and O–H groups in total. The van der Waals surface area contributed by atoms with Gasteiger partial charge in [-0.3, -0.25) is 4.39 Å². The van der Waals surface area contributed by atoms with E-state index >= 15 is 0 Å². The van der Waals surface area contributed by atoms with E-state index in [-0.39, 0.29) is 0 Å². The summed E-state index contributed by atoms with van der Waals surface area (Å²) in [6.07, 6.45) is 0. The van der Waals surface area contributed by atoms with Gasteiger partial charge in [0, 0.05) is 9.49 Å². The first-order valence-electron chi connectivity index (χ1n) is 3.77. The lowest BCUT2D eigenvalue weighted by atomic mass is 10.0. The van der Waals surface area contributed by atoms with Gasteiger partial charge >= 0.3 is 0 Å². The van der Waals surface area contributed by atoms with Gasteiger partial charge in [0.15, 0.2) is 0 Å². The fraction of sp³-hybridized carbons (Fsp3) is 0.200. The molecule has 1 rings (SSSR count). The molecule has 0 aromatic heterocycles. The second kappa shape index (κ2) is 4.56. The number of rotatable bonds is 2. The summed E-state index contributed by atoms with van der Waals surface area (Å²) < 4.78 is 13.2. The summed E-state index contributed by atoms with van der Waals surface area (Å²) in [6.45, 7) is 1.26. The molecule has 0 saturated heterocycles. The van der Waals surface area contributed by atoms with Crippen molar-refractivity contribution in [1.29, 1.82) is 5.26 Å². The summed E-state index contributed by atoms with van der Waals surface area (Å²) in [7, 11) is 0. The van der Waals surface area contributed by atoms with E-state index in [1.54, 1.807) is 13.0 Å². The van der Waals surface area contributed by atoms with Gasteiger partial charge in [-0.2, -0.15) is 5.26 Å². The lowest BCUT2D eigenvalue weighted by Crippen LogP contribution is -1.97. The highest BCUT2D eigenvalue weighted by Crippen LogP contribution is 2.19. The largest absolute Gasteiger partial charge is 0.250 e. The topological polar surface area (TPSA) is 23.8 Å². The van der Waals surface area contributed by atoms with Crippen LogP contribution in [-0.2, 0) is 0 Å². The zero-order valence-electron chi connectivity index (χ0n) is 7.14. The monoisotopic (exact) mass is 288 g/mol. The fourth-order valence-electron chi connectivity index (χ4n) is 0.954. The lowest BCUT2D eigenvalue weighted by Gasteiger charge is -2.06. The van der Waals surface area contributed by atoms with Gasteiger partial charge < -0.3 is 0 Å². The minimum absolute atomic E-state index is 0.467. The lowest BCUT2D eigenvalue weighted by molar-refractivity contribution is 0.516. The van der Waals surface area contributed by atoms with Gasteiger partial charge in [0.05, 0.1) is 12.2 Å². The van der Waals surface area contributed by atoms with Crippen molar-refractivity contribution in [2.24, 2.45) is 0 Å². The molecule has 1 aromatic rings. The van der Waals surface area contributed by atoms with E-state index in [0.717, 1.165) is 9.13 Å². The normalized spacial score (nSPS) is 10.1. The van der Waals surface area contributed by atoms with Gasteiger partial charge in [-0.05, 0) is 40.3 Å². The zero-order chi connectivity index (χ0) is 9.84. The van der Waals surface area contributed by atoms with E-state index in [9.17, 15) is 4.39 Å². The summed E-state index contributed by atoms with van der Waals surface area (Å²) in [5.41, 5.74) is 1.41. The molecule has 1 radical (unpaired) electrons. The van der Waals surface area contributed by atoms with Crippen molar-refractivity contribution in [3.63, 3.8) is 0 Å². The first-order valence-corrected chi connectivity index (χ1v) is 4.85. The average molecular weight is 288 g/mol. The highest BCUT2D eigenvalue weighted by atomic mass is 127. The Morgan fingerprint density at radius 2 is 2.31 bits per heavy atom. The Kier molecular flexibility index (Phi) is 3.67. The zero-order valence-corrected chi connectivity index (χ0v) is 9.30. The standard InChI is InChI=1S/C10H8FIN/c1-7(5-11)8-2-3-10(12)9(4-8)6-13/h2-4H,5H2,1H3. The van der Waals surface area contributed by atoms with E-state index in [2.05, 4.69) is 28.7 Å². The summed E-state index contributed by atoms with van der Waals surface area (Å²) >= 11 is 2.09. The number of nitriles is 1. The van der Waals surface area contributed by atoms with Crippen LogP contribution < -0.4 is 0 Å². The van der Waals surface area contributed by atoms with Crippen molar-refractivity contribution < 1.29 is 4.39 Å². The van der Waals surface area contributed by atoms with Crippen molar-refractivity contribution in [2.75, 3.05) is 6.67 Å². The van der Waals surface area contributed by atoms with E-state index in [4.69, 9.17) is 5.26 Å². The van der Waals surface area contributed by atoms with Crippen LogP contribution in [-0.4, -0.2) is 6.67 Å². The smallest absolute Gasteiger partial charge is 0.100 e. The highest BCUT2D eigenvalue weighted by Gasteiger charge is 2.07. The maximum Gasteiger partial charge on any atom is 0.100 e. The third-order valence-electron chi connectivity index (χ3n) is 1.78. The third-order valence-corrected chi connectivity index (χ3v) is 2.72. The second-order valence-electron chi connectivity index (χ2n) is 2.72. The van der Waals surface area contributed by atoms with Crippen LogP contribution in [0, 0.1) is 20.8 Å². The van der Waals surface area contributed by atoms with Crippen LogP contribution in [0.4, 0.5) is 4.39 Å². The SMILES string of the molecule is C[C](CF)c1ccc(I)c(C#N)c1. The van der Waals surface area contributed by atoms with Gasteiger partial charge in [-0.25, -0.2) is 0 Å². The number of benzene rings is 1. The Balaban J connectivity index is 3.08. The first-order chi connectivity index (χ1) is 6.19. The van der Waals surface area contributed by atoms with Crippen LogP contribution >= 0.6 is 22.6 Å². The molecule has 0 heterocycles. The third kappa shape index (κ3) is 2.41. The molecule has 0 unspecified atom stereocenters. The van der Waals surface area contributed by atoms with Crippen LogP contribution in [0.1, 0.15) is 18.1 Å². The molecule has 0 spiro atoms. The van der Waals surface area contributed by atoms with Gasteiger partial charge in [0.1, 0.15) is 6.07 Å². The van der Waals surface area contributed by atoms with Crippen LogP contribution in [0.3, 0.4) is 0 Å². The van der Waals surface area contributed by atoms with Crippen LogP contribution in [0.15, 0.2) is 18.2 Å². The van der Waals surface area contributed by atoms with Crippen molar-refractivity contribution in [3.8, 4) is 6.07 Å². The number of hydrogen-bond acceptors (Lipinski definition) is 1. The van der Waals surface area contributed by atoms with E-state index in [1.807, 2.05) is 12.1 Å². The fourth-order valence-corrected chi connectivity index (χ4v) is 1.41. The molecule has 1 nitrogen and oxygen atoms in total. The highest BCUT2D eigenvalue weighted by molar-refractivity contribution is 14.1. The van der Waals surface area contributed by atoms with E-state index < -0.39 is 6.67 Å². The molecule has 13 heavy (non-hydrogen) atoms. The molecular formula is C10H8FIN.